The van der Waals surface area contributed by atoms with Crippen LogP contribution < -0.4 is 5.32 Å². The minimum absolute atomic E-state index is 0.0259. The van der Waals surface area contributed by atoms with Crippen LogP contribution in [-0.2, 0) is 22.0 Å². The Hall–Kier alpha value is -1.63. The van der Waals surface area contributed by atoms with Crippen molar-refractivity contribution in [2.75, 3.05) is 13.7 Å². The third kappa shape index (κ3) is 3.16. The molecule has 0 aliphatic rings. The van der Waals surface area contributed by atoms with Gasteiger partial charge in [-0.25, -0.2) is 9.48 Å². The van der Waals surface area contributed by atoms with E-state index in [-0.39, 0.29) is 30.6 Å². The molecular formula is C9H13ClN4O3. The summed E-state index contributed by atoms with van der Waals surface area (Å²) in [4.78, 5) is 22.7. The van der Waals surface area contributed by atoms with Gasteiger partial charge in [-0.1, -0.05) is 5.21 Å². The molecule has 8 heteroatoms. The van der Waals surface area contributed by atoms with Gasteiger partial charge in [0.15, 0.2) is 5.69 Å². The van der Waals surface area contributed by atoms with Crippen LogP contribution in [0.5, 0.6) is 0 Å². The summed E-state index contributed by atoms with van der Waals surface area (Å²) in [6.07, 6.45) is 0. The molecule has 1 rings (SSSR count). The van der Waals surface area contributed by atoms with Crippen LogP contribution >= 0.6 is 11.6 Å². The number of carbonyl (C=O) groups is 2. The third-order valence-corrected chi connectivity index (χ3v) is 2.26. The molecule has 94 valence electrons. The van der Waals surface area contributed by atoms with E-state index >= 15 is 0 Å². The Morgan fingerprint density at radius 1 is 1.53 bits per heavy atom. The van der Waals surface area contributed by atoms with E-state index in [9.17, 15) is 9.59 Å². The Morgan fingerprint density at radius 2 is 2.24 bits per heavy atom. The Bertz CT molecular complexity index is 418. The van der Waals surface area contributed by atoms with Crippen molar-refractivity contribution in [1.82, 2.24) is 20.3 Å². The van der Waals surface area contributed by atoms with E-state index in [1.54, 1.807) is 6.92 Å². The molecule has 0 unspecified atom stereocenters. The molecule has 0 radical (unpaired) electrons. The topological polar surface area (TPSA) is 86.1 Å². The lowest BCUT2D eigenvalue weighted by Crippen LogP contribution is -2.25. The monoisotopic (exact) mass is 260 g/mol. The number of rotatable bonds is 5. The third-order valence-electron chi connectivity index (χ3n) is 2.01. The van der Waals surface area contributed by atoms with Gasteiger partial charge in [0.1, 0.15) is 6.54 Å². The van der Waals surface area contributed by atoms with Crippen LogP contribution in [0.3, 0.4) is 0 Å². The van der Waals surface area contributed by atoms with Crippen LogP contribution in [0.25, 0.3) is 0 Å². The minimum atomic E-state index is -0.591. The standard InChI is InChI=1S/C9H13ClN4O3/c1-3-17-9(16)8-6(4-10)14(13-12-8)5-7(15)11-2/h3-5H2,1-2H3,(H,11,15). The molecule has 7 nitrogen and oxygen atoms in total. The van der Waals surface area contributed by atoms with Gasteiger partial charge in [-0.05, 0) is 6.92 Å². The van der Waals surface area contributed by atoms with Gasteiger partial charge < -0.3 is 10.1 Å². The number of carbonyl (C=O) groups excluding carboxylic acids is 2. The molecular weight excluding hydrogens is 248 g/mol. The Morgan fingerprint density at radius 3 is 2.76 bits per heavy atom. The minimum Gasteiger partial charge on any atom is -0.461 e. The number of nitrogens with one attached hydrogen (secondary N) is 1. The van der Waals surface area contributed by atoms with Crippen molar-refractivity contribution in [3.8, 4) is 0 Å². The van der Waals surface area contributed by atoms with Crippen molar-refractivity contribution in [3.05, 3.63) is 11.4 Å². The second kappa shape index (κ2) is 6.19. The Balaban J connectivity index is 2.94. The van der Waals surface area contributed by atoms with E-state index in [1.807, 2.05) is 0 Å². The quantitative estimate of drug-likeness (QED) is 0.592. The number of alkyl halides is 1. The molecule has 0 atom stereocenters. The normalized spacial score (nSPS) is 10.1. The van der Waals surface area contributed by atoms with Crippen LogP contribution in [0, 0.1) is 0 Å². The Kier molecular flexibility index (Phi) is 4.89. The number of halogens is 1. The average Bonchev–Trinajstić information content (AvgIpc) is 2.72. The Labute approximate surface area is 103 Å². The first-order valence-corrected chi connectivity index (χ1v) is 5.53. The largest absolute Gasteiger partial charge is 0.461 e. The number of ether oxygens (including phenoxy) is 1. The molecule has 1 N–H and O–H groups in total. The number of aromatic nitrogens is 3. The second-order valence-corrected chi connectivity index (χ2v) is 3.34. The zero-order valence-corrected chi connectivity index (χ0v) is 10.3. The molecule has 0 saturated heterocycles. The zero-order valence-electron chi connectivity index (χ0n) is 9.57. The summed E-state index contributed by atoms with van der Waals surface area (Å²) < 4.78 is 6.08. The van der Waals surface area contributed by atoms with E-state index in [4.69, 9.17) is 16.3 Å². The number of likely N-dealkylation sites (N-methyl/N-ethyl adjacent to an activating group) is 1. The lowest BCUT2D eigenvalue weighted by molar-refractivity contribution is -0.121. The van der Waals surface area contributed by atoms with Crippen LogP contribution in [0.15, 0.2) is 0 Å². The summed E-state index contributed by atoms with van der Waals surface area (Å²) in [6, 6.07) is 0. The first-order valence-electron chi connectivity index (χ1n) is 5.00. The molecule has 17 heavy (non-hydrogen) atoms. The van der Waals surface area contributed by atoms with Crippen LogP contribution in [0.4, 0.5) is 0 Å². The number of hydrogen-bond acceptors (Lipinski definition) is 5. The van der Waals surface area contributed by atoms with Crippen LogP contribution in [0.2, 0.25) is 0 Å². The van der Waals surface area contributed by atoms with E-state index in [0.717, 1.165) is 0 Å². The molecule has 0 saturated carbocycles. The molecule has 0 fully saturated rings. The highest BCUT2D eigenvalue weighted by Gasteiger charge is 2.20. The van der Waals surface area contributed by atoms with E-state index in [1.165, 1.54) is 11.7 Å². The maximum atomic E-state index is 11.5. The predicted octanol–water partition coefficient (Wildman–Crippen LogP) is -0.0604. The SMILES string of the molecule is CCOC(=O)c1nnn(CC(=O)NC)c1CCl. The van der Waals surface area contributed by atoms with Crippen molar-refractivity contribution in [3.63, 3.8) is 0 Å². The van der Waals surface area contributed by atoms with Gasteiger partial charge in [0.2, 0.25) is 5.91 Å². The van der Waals surface area contributed by atoms with Gasteiger partial charge in [-0.3, -0.25) is 4.79 Å². The lowest BCUT2D eigenvalue weighted by Gasteiger charge is -2.04. The lowest BCUT2D eigenvalue weighted by atomic mass is 10.3. The molecule has 1 amide bonds. The van der Waals surface area contributed by atoms with Gasteiger partial charge in [-0.2, -0.15) is 0 Å². The predicted molar refractivity (Wildman–Crippen MR) is 59.6 cm³/mol. The van der Waals surface area contributed by atoms with Crippen LogP contribution in [0.1, 0.15) is 23.1 Å². The van der Waals surface area contributed by atoms with Crippen molar-refractivity contribution < 1.29 is 14.3 Å². The number of hydrogen-bond donors (Lipinski definition) is 1. The maximum Gasteiger partial charge on any atom is 0.360 e. The van der Waals surface area contributed by atoms with Crippen molar-refractivity contribution in [2.45, 2.75) is 19.3 Å². The highest BCUT2D eigenvalue weighted by molar-refractivity contribution is 6.17. The fraction of sp³-hybridized carbons (Fsp3) is 0.556. The maximum absolute atomic E-state index is 11.5. The summed E-state index contributed by atoms with van der Waals surface area (Å²) in [5.41, 5.74) is 0.416. The number of amides is 1. The van der Waals surface area contributed by atoms with Crippen molar-refractivity contribution >= 4 is 23.5 Å². The van der Waals surface area contributed by atoms with Gasteiger partial charge in [0.25, 0.3) is 0 Å². The van der Waals surface area contributed by atoms with E-state index < -0.39 is 5.97 Å². The van der Waals surface area contributed by atoms with E-state index in [0.29, 0.717) is 5.69 Å². The molecule has 1 aromatic heterocycles. The highest BCUT2D eigenvalue weighted by Crippen LogP contribution is 2.10. The van der Waals surface area contributed by atoms with Crippen molar-refractivity contribution in [2.24, 2.45) is 0 Å². The van der Waals surface area contributed by atoms with Gasteiger partial charge >= 0.3 is 5.97 Å². The van der Waals surface area contributed by atoms with Gasteiger partial charge in [0, 0.05) is 7.05 Å². The van der Waals surface area contributed by atoms with Crippen molar-refractivity contribution in [1.29, 1.82) is 0 Å². The molecule has 0 aromatic carbocycles. The fourth-order valence-corrected chi connectivity index (χ4v) is 1.43. The molecule has 0 aliphatic heterocycles. The fourth-order valence-electron chi connectivity index (χ4n) is 1.17. The molecule has 1 heterocycles. The number of nitrogens with zero attached hydrogens (tertiary/aromatic N) is 3. The smallest absolute Gasteiger partial charge is 0.360 e. The first-order chi connectivity index (χ1) is 8.13. The molecule has 0 bridgehead atoms. The van der Waals surface area contributed by atoms with Gasteiger partial charge in [0.05, 0.1) is 18.2 Å². The first kappa shape index (κ1) is 13.4. The summed E-state index contributed by atoms with van der Waals surface area (Å²) >= 11 is 5.71. The summed E-state index contributed by atoms with van der Waals surface area (Å²) in [5.74, 6) is -0.819. The second-order valence-electron chi connectivity index (χ2n) is 3.07. The number of esters is 1. The summed E-state index contributed by atoms with van der Waals surface area (Å²) in [6.45, 7) is 1.89. The van der Waals surface area contributed by atoms with Gasteiger partial charge in [-0.15, -0.1) is 16.7 Å². The summed E-state index contributed by atoms with van der Waals surface area (Å²) in [7, 11) is 1.51. The van der Waals surface area contributed by atoms with Crippen LogP contribution in [-0.4, -0.2) is 40.5 Å². The summed E-state index contributed by atoms with van der Waals surface area (Å²) in [5, 5.41) is 9.81. The molecule has 0 spiro atoms. The molecule has 0 aliphatic carbocycles. The van der Waals surface area contributed by atoms with E-state index in [2.05, 4.69) is 15.6 Å². The average molecular weight is 261 g/mol. The highest BCUT2D eigenvalue weighted by atomic mass is 35.5. The molecule has 1 aromatic rings. The zero-order chi connectivity index (χ0) is 12.8.